The summed E-state index contributed by atoms with van der Waals surface area (Å²) >= 11 is 0. The molecule has 3 heteroatoms. The van der Waals surface area contributed by atoms with E-state index < -0.39 is 5.54 Å². The summed E-state index contributed by atoms with van der Waals surface area (Å²) in [7, 11) is 1.85. The summed E-state index contributed by atoms with van der Waals surface area (Å²) in [6.45, 7) is 7.74. The fourth-order valence-corrected chi connectivity index (χ4v) is 1.82. The molecule has 0 aromatic carbocycles. The second kappa shape index (κ2) is 4.13. The summed E-state index contributed by atoms with van der Waals surface area (Å²) in [4.78, 5) is 13.6. The molecule has 0 saturated carbocycles. The first-order valence-corrected chi connectivity index (χ1v) is 5.23. The van der Waals surface area contributed by atoms with Crippen LogP contribution in [0.3, 0.4) is 0 Å². The van der Waals surface area contributed by atoms with E-state index in [9.17, 15) is 4.79 Å². The summed E-state index contributed by atoms with van der Waals surface area (Å²) < 4.78 is 0. The second-order valence-electron chi connectivity index (χ2n) is 4.12. The van der Waals surface area contributed by atoms with Crippen molar-refractivity contribution < 1.29 is 4.79 Å². The van der Waals surface area contributed by atoms with Crippen LogP contribution < -0.4 is 5.32 Å². The highest BCUT2D eigenvalue weighted by molar-refractivity contribution is 5.90. The van der Waals surface area contributed by atoms with Crippen LogP contribution in [-0.4, -0.2) is 29.6 Å². The normalized spacial score (nSPS) is 32.4. The number of rotatable bonds is 4. The lowest BCUT2D eigenvalue weighted by Crippen LogP contribution is -2.42. The van der Waals surface area contributed by atoms with Gasteiger partial charge in [0.1, 0.15) is 5.54 Å². The van der Waals surface area contributed by atoms with Crippen molar-refractivity contribution in [1.29, 1.82) is 0 Å². The number of carbonyl (C=O) groups excluding carboxylic acids is 1. The highest BCUT2D eigenvalue weighted by atomic mass is 16.2. The zero-order chi connectivity index (χ0) is 10.8. The molecule has 0 aromatic rings. The monoisotopic (exact) mass is 196 g/mol. The van der Waals surface area contributed by atoms with E-state index in [0.717, 1.165) is 19.3 Å². The molecule has 1 saturated heterocycles. The van der Waals surface area contributed by atoms with Crippen molar-refractivity contribution >= 4 is 5.91 Å². The first-order chi connectivity index (χ1) is 6.55. The molecule has 0 bridgehead atoms. The summed E-state index contributed by atoms with van der Waals surface area (Å²) in [5.74, 6) is 0.119. The molecule has 1 aliphatic rings. The van der Waals surface area contributed by atoms with E-state index in [1.807, 2.05) is 14.0 Å². The average Bonchev–Trinajstić information content (AvgIpc) is 2.41. The Morgan fingerprint density at radius 1 is 1.71 bits per heavy atom. The third-order valence-corrected chi connectivity index (χ3v) is 2.94. The number of hydrogen-bond donors (Lipinski definition) is 1. The van der Waals surface area contributed by atoms with Crippen LogP contribution in [0.1, 0.15) is 33.1 Å². The van der Waals surface area contributed by atoms with Crippen molar-refractivity contribution in [1.82, 2.24) is 10.2 Å². The molecule has 14 heavy (non-hydrogen) atoms. The Morgan fingerprint density at radius 3 is 2.79 bits per heavy atom. The molecule has 2 atom stereocenters. The lowest BCUT2D eigenvalue weighted by Gasteiger charge is -2.18. The van der Waals surface area contributed by atoms with E-state index in [-0.39, 0.29) is 12.1 Å². The first-order valence-electron chi connectivity index (χ1n) is 5.23. The van der Waals surface area contributed by atoms with Crippen molar-refractivity contribution in [2.75, 3.05) is 7.05 Å². The predicted octanol–water partition coefficient (Wildman–Crippen LogP) is 1.51. The minimum atomic E-state index is -0.562. The standard InChI is InChI=1S/C11H20N2O/c1-5-7-8-9-12-11(3,6-2)10(14)13(9)4/h6,9,12H,2,5,7-8H2,1,3-4H3. The van der Waals surface area contributed by atoms with Crippen molar-refractivity contribution in [2.45, 2.75) is 44.8 Å². The maximum Gasteiger partial charge on any atom is 0.247 e. The maximum absolute atomic E-state index is 11.8. The Balaban J connectivity index is 2.67. The second-order valence-corrected chi connectivity index (χ2v) is 4.12. The van der Waals surface area contributed by atoms with Crippen molar-refractivity contribution in [3.05, 3.63) is 12.7 Å². The van der Waals surface area contributed by atoms with Crippen LogP contribution in [0.15, 0.2) is 12.7 Å². The van der Waals surface area contributed by atoms with Gasteiger partial charge in [-0.2, -0.15) is 0 Å². The Hall–Kier alpha value is -0.830. The highest BCUT2D eigenvalue weighted by Crippen LogP contribution is 2.22. The van der Waals surface area contributed by atoms with E-state index in [2.05, 4.69) is 18.8 Å². The molecule has 0 aliphatic carbocycles. The number of unbranched alkanes of at least 4 members (excludes halogenated alkanes) is 1. The van der Waals surface area contributed by atoms with E-state index in [1.54, 1.807) is 11.0 Å². The van der Waals surface area contributed by atoms with Gasteiger partial charge < -0.3 is 4.90 Å². The van der Waals surface area contributed by atoms with Gasteiger partial charge in [-0.15, -0.1) is 6.58 Å². The van der Waals surface area contributed by atoms with Gasteiger partial charge in [0.15, 0.2) is 0 Å². The smallest absolute Gasteiger partial charge is 0.247 e. The van der Waals surface area contributed by atoms with Gasteiger partial charge in [0, 0.05) is 7.05 Å². The zero-order valence-electron chi connectivity index (χ0n) is 9.34. The number of hydrogen-bond acceptors (Lipinski definition) is 2. The maximum atomic E-state index is 11.8. The molecule has 1 rings (SSSR count). The fraction of sp³-hybridized carbons (Fsp3) is 0.727. The molecule has 1 N–H and O–H groups in total. The van der Waals surface area contributed by atoms with E-state index in [1.165, 1.54) is 0 Å². The quantitative estimate of drug-likeness (QED) is 0.691. The minimum Gasteiger partial charge on any atom is -0.328 e. The predicted molar refractivity (Wildman–Crippen MR) is 57.8 cm³/mol. The summed E-state index contributed by atoms with van der Waals surface area (Å²) in [5.41, 5.74) is -0.562. The van der Waals surface area contributed by atoms with Gasteiger partial charge in [-0.05, 0) is 13.3 Å². The highest BCUT2D eigenvalue weighted by Gasteiger charge is 2.43. The van der Waals surface area contributed by atoms with Crippen LogP contribution in [0, 0.1) is 0 Å². The van der Waals surface area contributed by atoms with Crippen LogP contribution in [0.2, 0.25) is 0 Å². The molecule has 0 radical (unpaired) electrons. The van der Waals surface area contributed by atoms with Crippen LogP contribution in [0.4, 0.5) is 0 Å². The number of nitrogens with one attached hydrogen (secondary N) is 1. The molecular formula is C11H20N2O. The number of carbonyl (C=O) groups is 1. The van der Waals surface area contributed by atoms with Gasteiger partial charge in [-0.1, -0.05) is 25.8 Å². The SMILES string of the molecule is C=CC1(C)NC(CCCC)N(C)C1=O. The van der Waals surface area contributed by atoms with Gasteiger partial charge in [0.05, 0.1) is 6.17 Å². The topological polar surface area (TPSA) is 32.3 Å². The van der Waals surface area contributed by atoms with Crippen molar-refractivity contribution in [3.63, 3.8) is 0 Å². The summed E-state index contributed by atoms with van der Waals surface area (Å²) in [6, 6.07) is 0. The van der Waals surface area contributed by atoms with Gasteiger partial charge in [-0.25, -0.2) is 0 Å². The largest absolute Gasteiger partial charge is 0.328 e. The Kier molecular flexibility index (Phi) is 3.32. The first kappa shape index (κ1) is 11.2. The number of nitrogens with zero attached hydrogens (tertiary/aromatic N) is 1. The summed E-state index contributed by atoms with van der Waals surface area (Å²) in [6.07, 6.45) is 5.18. The minimum absolute atomic E-state index is 0.119. The average molecular weight is 196 g/mol. The van der Waals surface area contributed by atoms with Gasteiger partial charge >= 0.3 is 0 Å². The Labute approximate surface area is 86.2 Å². The molecular weight excluding hydrogens is 176 g/mol. The third kappa shape index (κ3) is 1.82. The molecule has 80 valence electrons. The lowest BCUT2D eigenvalue weighted by molar-refractivity contribution is -0.130. The fourth-order valence-electron chi connectivity index (χ4n) is 1.82. The lowest BCUT2D eigenvalue weighted by atomic mass is 10.0. The van der Waals surface area contributed by atoms with Crippen LogP contribution >= 0.6 is 0 Å². The Morgan fingerprint density at radius 2 is 2.36 bits per heavy atom. The molecule has 1 fully saturated rings. The van der Waals surface area contributed by atoms with Gasteiger partial charge in [0.25, 0.3) is 0 Å². The molecule has 1 aliphatic heterocycles. The molecule has 0 spiro atoms. The number of amides is 1. The number of likely N-dealkylation sites (N-methyl/N-ethyl adjacent to an activating group) is 1. The molecule has 1 heterocycles. The zero-order valence-corrected chi connectivity index (χ0v) is 9.34. The van der Waals surface area contributed by atoms with Crippen LogP contribution in [0.25, 0.3) is 0 Å². The van der Waals surface area contributed by atoms with E-state index in [0.29, 0.717) is 0 Å². The third-order valence-electron chi connectivity index (χ3n) is 2.94. The van der Waals surface area contributed by atoms with Crippen LogP contribution in [0.5, 0.6) is 0 Å². The Bertz CT molecular complexity index is 239. The van der Waals surface area contributed by atoms with Gasteiger partial charge in [-0.3, -0.25) is 10.1 Å². The van der Waals surface area contributed by atoms with Gasteiger partial charge in [0.2, 0.25) is 5.91 Å². The molecule has 2 unspecified atom stereocenters. The molecule has 0 aromatic heterocycles. The molecule has 1 amide bonds. The van der Waals surface area contributed by atoms with E-state index >= 15 is 0 Å². The van der Waals surface area contributed by atoms with E-state index in [4.69, 9.17) is 0 Å². The van der Waals surface area contributed by atoms with Crippen LogP contribution in [-0.2, 0) is 4.79 Å². The summed E-state index contributed by atoms with van der Waals surface area (Å²) in [5, 5.41) is 3.31. The van der Waals surface area contributed by atoms with Crippen molar-refractivity contribution in [3.8, 4) is 0 Å². The van der Waals surface area contributed by atoms with Crippen molar-refractivity contribution in [2.24, 2.45) is 0 Å². The molecule has 3 nitrogen and oxygen atoms in total.